The fourth-order valence-corrected chi connectivity index (χ4v) is 6.93. The van der Waals surface area contributed by atoms with Crippen LogP contribution in [-0.4, -0.2) is 13.1 Å². The maximum atomic E-state index is 3.39. The van der Waals surface area contributed by atoms with Crippen LogP contribution in [0.3, 0.4) is 0 Å². The summed E-state index contributed by atoms with van der Waals surface area (Å²) in [5, 5.41) is 0. The van der Waals surface area contributed by atoms with Crippen LogP contribution in [0.25, 0.3) is 0 Å². The molecule has 0 spiro atoms. The second kappa shape index (κ2) is 27.9. The molecule has 0 aliphatic carbocycles. The van der Waals surface area contributed by atoms with Crippen molar-refractivity contribution in [3.05, 3.63) is 137 Å². The van der Waals surface area contributed by atoms with E-state index in [1.807, 2.05) is 54.6 Å². The minimum atomic E-state index is 0.975. The largest absolute Gasteiger partial charge is 0.372 e. The second-order valence-electron chi connectivity index (χ2n) is 15.2. The summed E-state index contributed by atoms with van der Waals surface area (Å²) < 4.78 is 0. The van der Waals surface area contributed by atoms with E-state index in [0.29, 0.717) is 0 Å². The first-order valence-electron chi connectivity index (χ1n) is 21.9. The predicted octanol–water partition coefficient (Wildman–Crippen LogP) is 14.5. The highest BCUT2D eigenvalue weighted by atomic mass is 15.1. The third kappa shape index (κ3) is 19.0. The van der Waals surface area contributed by atoms with Gasteiger partial charge in [0.15, 0.2) is 0 Å². The van der Waals surface area contributed by atoms with Gasteiger partial charge in [0.1, 0.15) is 0 Å². The number of unbranched alkanes of at least 4 members (excludes halogenated alkanes) is 18. The molecule has 0 aliphatic rings. The summed E-state index contributed by atoms with van der Waals surface area (Å²) in [6.07, 6.45) is 27.6. The summed E-state index contributed by atoms with van der Waals surface area (Å²) >= 11 is 0. The van der Waals surface area contributed by atoms with E-state index in [1.165, 1.54) is 134 Å². The summed E-state index contributed by atoms with van der Waals surface area (Å²) in [6, 6.07) is 35.4. The smallest absolute Gasteiger partial charge is 0.0367 e. The average Bonchev–Trinajstić information content (AvgIpc) is 3.23. The van der Waals surface area contributed by atoms with Crippen molar-refractivity contribution in [3.8, 4) is 35.5 Å². The molecule has 0 aliphatic heterocycles. The minimum absolute atomic E-state index is 0.975. The maximum Gasteiger partial charge on any atom is 0.0367 e. The molecule has 1 heteroatoms. The van der Waals surface area contributed by atoms with Crippen molar-refractivity contribution >= 4 is 5.69 Å². The van der Waals surface area contributed by atoms with Crippen LogP contribution in [0.5, 0.6) is 0 Å². The Balaban J connectivity index is 1.25. The van der Waals surface area contributed by atoms with Crippen molar-refractivity contribution in [2.45, 2.75) is 142 Å². The molecule has 0 unspecified atom stereocenters. The molecular formula is C54H67N. The molecule has 0 fully saturated rings. The first-order chi connectivity index (χ1) is 27.2. The number of hydrogen-bond donors (Lipinski definition) is 0. The summed E-state index contributed by atoms with van der Waals surface area (Å²) in [5.74, 6) is 19.8. The topological polar surface area (TPSA) is 3.24 Å². The predicted molar refractivity (Wildman–Crippen MR) is 240 cm³/mol. The van der Waals surface area contributed by atoms with Crippen LogP contribution in [-0.2, 0) is 0 Å². The number of hydrogen-bond acceptors (Lipinski definition) is 1. The van der Waals surface area contributed by atoms with Crippen LogP contribution < -0.4 is 4.90 Å². The number of anilines is 1. The molecule has 0 aromatic heterocycles. The van der Waals surface area contributed by atoms with Gasteiger partial charge in [0, 0.05) is 52.2 Å². The van der Waals surface area contributed by atoms with Gasteiger partial charge in [-0.3, -0.25) is 0 Å². The van der Waals surface area contributed by atoms with E-state index in [2.05, 4.69) is 103 Å². The van der Waals surface area contributed by atoms with Gasteiger partial charge in [-0.15, -0.1) is 0 Å². The molecule has 0 amide bonds. The summed E-state index contributed by atoms with van der Waals surface area (Å²) in [7, 11) is 0. The molecule has 4 rings (SSSR count). The molecule has 0 saturated carbocycles. The van der Waals surface area contributed by atoms with Crippen molar-refractivity contribution in [2.24, 2.45) is 0 Å². The zero-order valence-electron chi connectivity index (χ0n) is 34.3. The van der Waals surface area contributed by atoms with Gasteiger partial charge in [0.2, 0.25) is 0 Å². The molecule has 1 nitrogen and oxygen atoms in total. The molecule has 0 atom stereocenters. The Kier molecular flexibility index (Phi) is 21.8. The lowest BCUT2D eigenvalue weighted by Gasteiger charge is -2.25. The van der Waals surface area contributed by atoms with Crippen LogP contribution in [0, 0.1) is 35.5 Å². The Hall–Kier alpha value is -4.64. The fourth-order valence-electron chi connectivity index (χ4n) is 6.93. The lowest BCUT2D eigenvalue weighted by atomic mass is 10.1. The van der Waals surface area contributed by atoms with E-state index >= 15 is 0 Å². The van der Waals surface area contributed by atoms with Crippen LogP contribution in [0.4, 0.5) is 5.69 Å². The van der Waals surface area contributed by atoms with Gasteiger partial charge >= 0.3 is 0 Å². The van der Waals surface area contributed by atoms with Crippen LogP contribution in [0.1, 0.15) is 176 Å². The first kappa shape index (κ1) is 43.1. The highest BCUT2D eigenvalue weighted by Gasteiger charge is 2.07. The van der Waals surface area contributed by atoms with Crippen LogP contribution in [0.2, 0.25) is 0 Å². The standard InChI is InChI=1S/C54H67N/c1-3-5-7-9-11-13-15-17-19-24-46-55(47-25-20-18-16-14-12-10-8-6-4-2)54-44-42-53(43-45-54)41-40-52-38-36-51(37-39-52)35-34-50-32-30-49(31-33-50)29-28-48-26-22-21-23-27-48/h21-23,26-27,30-33,36-39,42-45H,3-20,24-25,46-47H2,1-2H3. The van der Waals surface area contributed by atoms with Crippen LogP contribution in [0.15, 0.2) is 103 Å². The lowest BCUT2D eigenvalue weighted by molar-refractivity contribution is 0.543. The van der Waals surface area contributed by atoms with E-state index in [4.69, 9.17) is 0 Å². The summed E-state index contributed by atoms with van der Waals surface area (Å²) in [5.41, 5.74) is 7.36. The van der Waals surface area contributed by atoms with Crippen molar-refractivity contribution in [1.29, 1.82) is 0 Å². The highest BCUT2D eigenvalue weighted by molar-refractivity contribution is 5.53. The molecule has 0 bridgehead atoms. The van der Waals surface area contributed by atoms with Crippen molar-refractivity contribution in [2.75, 3.05) is 18.0 Å². The Labute approximate surface area is 336 Å². The fraction of sp³-hybridized carbons (Fsp3) is 0.444. The lowest BCUT2D eigenvalue weighted by Crippen LogP contribution is -2.25. The molecule has 0 radical (unpaired) electrons. The highest BCUT2D eigenvalue weighted by Crippen LogP contribution is 2.19. The zero-order chi connectivity index (χ0) is 38.4. The normalized spacial score (nSPS) is 10.4. The SMILES string of the molecule is CCCCCCCCCCCCN(CCCCCCCCCCCC)c1ccc(C#Cc2ccc(C#Cc3ccc(C#Cc4ccccc4)cc3)cc2)cc1. The van der Waals surface area contributed by atoms with E-state index in [1.54, 1.807) is 0 Å². The van der Waals surface area contributed by atoms with E-state index in [0.717, 1.165) is 46.5 Å². The van der Waals surface area contributed by atoms with E-state index in [9.17, 15) is 0 Å². The monoisotopic (exact) mass is 730 g/mol. The first-order valence-corrected chi connectivity index (χ1v) is 21.9. The molecular weight excluding hydrogens is 663 g/mol. The van der Waals surface area contributed by atoms with Gasteiger partial charge in [-0.25, -0.2) is 0 Å². The van der Waals surface area contributed by atoms with Gasteiger partial charge in [-0.05, 0) is 97.8 Å². The van der Waals surface area contributed by atoms with Gasteiger partial charge in [-0.2, -0.15) is 0 Å². The van der Waals surface area contributed by atoms with E-state index in [-0.39, 0.29) is 0 Å². The molecule has 0 heterocycles. The van der Waals surface area contributed by atoms with Gasteiger partial charge in [0.05, 0.1) is 0 Å². The zero-order valence-corrected chi connectivity index (χ0v) is 34.3. The Morgan fingerprint density at radius 3 is 0.855 bits per heavy atom. The number of rotatable bonds is 23. The van der Waals surface area contributed by atoms with Crippen LogP contribution >= 0.6 is 0 Å². The quantitative estimate of drug-likeness (QED) is 0.0543. The summed E-state index contributed by atoms with van der Waals surface area (Å²) in [6.45, 7) is 6.91. The molecule has 0 saturated heterocycles. The minimum Gasteiger partial charge on any atom is -0.372 e. The van der Waals surface area contributed by atoms with Gasteiger partial charge < -0.3 is 4.90 Å². The number of nitrogens with zero attached hydrogens (tertiary/aromatic N) is 1. The molecule has 55 heavy (non-hydrogen) atoms. The van der Waals surface area contributed by atoms with Crippen molar-refractivity contribution in [3.63, 3.8) is 0 Å². The summed E-state index contributed by atoms with van der Waals surface area (Å²) in [4.78, 5) is 2.64. The van der Waals surface area contributed by atoms with Gasteiger partial charge in [0.25, 0.3) is 0 Å². The Morgan fingerprint density at radius 2 is 0.545 bits per heavy atom. The second-order valence-corrected chi connectivity index (χ2v) is 15.2. The Bertz CT molecular complexity index is 1740. The number of benzene rings is 4. The van der Waals surface area contributed by atoms with Gasteiger partial charge in [-0.1, -0.05) is 183 Å². The van der Waals surface area contributed by atoms with E-state index < -0.39 is 0 Å². The molecule has 4 aromatic carbocycles. The average molecular weight is 730 g/mol. The molecule has 4 aromatic rings. The third-order valence-corrected chi connectivity index (χ3v) is 10.4. The maximum absolute atomic E-state index is 3.39. The molecule has 0 N–H and O–H groups in total. The third-order valence-electron chi connectivity index (χ3n) is 10.4. The Morgan fingerprint density at radius 1 is 0.291 bits per heavy atom. The van der Waals surface area contributed by atoms with Crippen molar-refractivity contribution < 1.29 is 0 Å². The molecule has 288 valence electrons. The van der Waals surface area contributed by atoms with Crippen molar-refractivity contribution in [1.82, 2.24) is 0 Å².